The minimum atomic E-state index is -0.332. The number of nitrogens with one attached hydrogen (secondary N) is 2. The highest BCUT2D eigenvalue weighted by Crippen LogP contribution is 2.31. The Kier molecular flexibility index (Phi) is 6.53. The summed E-state index contributed by atoms with van der Waals surface area (Å²) in [6, 6.07) is 12.7. The lowest BCUT2D eigenvalue weighted by atomic mass is 10.00. The third kappa shape index (κ3) is 4.63. The number of carbonyl (C=O) groups excluding carboxylic acids is 2. The van der Waals surface area contributed by atoms with E-state index in [-0.39, 0.29) is 11.9 Å². The molecule has 28 heavy (non-hydrogen) atoms. The summed E-state index contributed by atoms with van der Waals surface area (Å²) in [5, 5.41) is 5.70. The lowest BCUT2D eigenvalue weighted by molar-refractivity contribution is -0.118. The highest BCUT2D eigenvalue weighted by molar-refractivity contribution is 6.01. The van der Waals surface area contributed by atoms with Crippen LogP contribution in [0.25, 0.3) is 0 Å². The molecule has 0 radical (unpaired) electrons. The van der Waals surface area contributed by atoms with Crippen molar-refractivity contribution in [3.8, 4) is 5.75 Å². The van der Waals surface area contributed by atoms with Gasteiger partial charge in [-0.3, -0.25) is 4.79 Å². The SMILES string of the molecule is CCCCN1C(=O)CCc2cc(NC(=O)Nc3ccccc3OCC)ccc21. The number of hydrogen-bond acceptors (Lipinski definition) is 3. The van der Waals surface area contributed by atoms with Gasteiger partial charge in [-0.25, -0.2) is 4.79 Å². The molecule has 2 N–H and O–H groups in total. The molecule has 0 spiro atoms. The number of para-hydroxylation sites is 2. The van der Waals surface area contributed by atoms with Crippen molar-refractivity contribution in [1.82, 2.24) is 0 Å². The molecule has 0 aromatic heterocycles. The first-order valence-corrected chi connectivity index (χ1v) is 9.85. The molecule has 0 saturated heterocycles. The number of anilines is 3. The van der Waals surface area contributed by atoms with Crippen molar-refractivity contribution in [2.24, 2.45) is 0 Å². The first kappa shape index (κ1) is 19.7. The van der Waals surface area contributed by atoms with E-state index in [0.29, 0.717) is 36.6 Å². The molecule has 0 atom stereocenters. The summed E-state index contributed by atoms with van der Waals surface area (Å²) in [6.07, 6.45) is 3.23. The van der Waals surface area contributed by atoms with E-state index in [9.17, 15) is 9.59 Å². The smallest absolute Gasteiger partial charge is 0.323 e. The number of ether oxygens (including phenoxy) is 1. The van der Waals surface area contributed by atoms with Crippen LogP contribution < -0.4 is 20.3 Å². The van der Waals surface area contributed by atoms with Gasteiger partial charge in [0.1, 0.15) is 5.75 Å². The molecule has 0 fully saturated rings. The largest absolute Gasteiger partial charge is 0.492 e. The maximum atomic E-state index is 12.4. The van der Waals surface area contributed by atoms with Crippen molar-refractivity contribution < 1.29 is 14.3 Å². The molecule has 0 unspecified atom stereocenters. The zero-order valence-electron chi connectivity index (χ0n) is 16.5. The van der Waals surface area contributed by atoms with E-state index in [0.717, 1.165) is 30.6 Å². The summed E-state index contributed by atoms with van der Waals surface area (Å²) >= 11 is 0. The normalized spacial score (nSPS) is 13.1. The van der Waals surface area contributed by atoms with Crippen molar-refractivity contribution in [2.45, 2.75) is 39.5 Å². The number of amides is 3. The van der Waals surface area contributed by atoms with Gasteiger partial charge in [-0.05, 0) is 55.7 Å². The molecule has 6 nitrogen and oxygen atoms in total. The lowest BCUT2D eigenvalue weighted by Gasteiger charge is -2.29. The van der Waals surface area contributed by atoms with Gasteiger partial charge in [0.15, 0.2) is 0 Å². The molecular weight excluding hydrogens is 354 g/mol. The molecule has 1 heterocycles. The van der Waals surface area contributed by atoms with Gasteiger partial charge in [-0.1, -0.05) is 25.5 Å². The van der Waals surface area contributed by atoms with Crippen LogP contribution in [0.15, 0.2) is 42.5 Å². The van der Waals surface area contributed by atoms with Crippen molar-refractivity contribution in [2.75, 3.05) is 28.7 Å². The van der Waals surface area contributed by atoms with Crippen LogP contribution in [0.3, 0.4) is 0 Å². The maximum Gasteiger partial charge on any atom is 0.323 e. The number of fused-ring (bicyclic) bond motifs is 1. The van der Waals surface area contributed by atoms with Crippen LogP contribution in [0.4, 0.5) is 21.9 Å². The second-order valence-electron chi connectivity index (χ2n) is 6.75. The quantitative estimate of drug-likeness (QED) is 0.723. The molecule has 0 aliphatic carbocycles. The Morgan fingerprint density at radius 1 is 1.11 bits per heavy atom. The Bertz CT molecular complexity index is 851. The molecule has 3 rings (SSSR count). The second-order valence-corrected chi connectivity index (χ2v) is 6.75. The topological polar surface area (TPSA) is 70.7 Å². The number of rotatable bonds is 7. The monoisotopic (exact) mass is 381 g/mol. The Hall–Kier alpha value is -3.02. The Morgan fingerprint density at radius 2 is 1.93 bits per heavy atom. The fourth-order valence-electron chi connectivity index (χ4n) is 3.34. The van der Waals surface area contributed by atoms with Crippen molar-refractivity contribution in [1.29, 1.82) is 0 Å². The van der Waals surface area contributed by atoms with Gasteiger partial charge in [-0.2, -0.15) is 0 Å². The standard InChI is InChI=1S/C22H27N3O3/c1-3-5-14-25-19-12-11-17(15-16(19)10-13-21(25)26)23-22(27)24-18-8-6-7-9-20(18)28-4-2/h6-9,11-12,15H,3-5,10,13-14H2,1-2H3,(H2,23,24,27). The zero-order chi connectivity index (χ0) is 19.9. The van der Waals surface area contributed by atoms with Crippen LogP contribution >= 0.6 is 0 Å². The van der Waals surface area contributed by atoms with Crippen molar-refractivity contribution in [3.05, 3.63) is 48.0 Å². The van der Waals surface area contributed by atoms with E-state index >= 15 is 0 Å². The van der Waals surface area contributed by atoms with Gasteiger partial charge < -0.3 is 20.3 Å². The van der Waals surface area contributed by atoms with Gasteiger partial charge in [0, 0.05) is 24.3 Å². The molecule has 148 valence electrons. The van der Waals surface area contributed by atoms with Gasteiger partial charge in [0.25, 0.3) is 0 Å². The predicted octanol–water partition coefficient (Wildman–Crippen LogP) is 4.81. The lowest BCUT2D eigenvalue weighted by Crippen LogP contribution is -2.35. The number of carbonyl (C=O) groups is 2. The Balaban J connectivity index is 1.70. The molecule has 6 heteroatoms. The second kappa shape index (κ2) is 9.26. The average molecular weight is 381 g/mol. The molecule has 1 aliphatic rings. The number of hydrogen-bond donors (Lipinski definition) is 2. The number of urea groups is 1. The molecule has 3 amide bonds. The number of nitrogens with zero attached hydrogens (tertiary/aromatic N) is 1. The molecular formula is C22H27N3O3. The zero-order valence-corrected chi connectivity index (χ0v) is 16.5. The van der Waals surface area contributed by atoms with E-state index in [4.69, 9.17) is 4.74 Å². The summed E-state index contributed by atoms with van der Waals surface area (Å²) in [5.41, 5.74) is 3.37. The van der Waals surface area contributed by atoms with Crippen molar-refractivity contribution in [3.63, 3.8) is 0 Å². The Labute approximate surface area is 165 Å². The summed E-state index contributed by atoms with van der Waals surface area (Å²) in [7, 11) is 0. The third-order valence-electron chi connectivity index (χ3n) is 4.71. The minimum absolute atomic E-state index is 0.173. The molecule has 2 aromatic rings. The average Bonchev–Trinajstić information content (AvgIpc) is 2.69. The summed E-state index contributed by atoms with van der Waals surface area (Å²) in [5.74, 6) is 0.808. The van der Waals surface area contributed by atoms with E-state index in [1.54, 1.807) is 6.07 Å². The molecule has 0 bridgehead atoms. The predicted molar refractivity (Wildman–Crippen MR) is 112 cm³/mol. The van der Waals surface area contributed by atoms with E-state index in [1.807, 2.05) is 48.2 Å². The van der Waals surface area contributed by atoms with Crippen LogP contribution in [0.5, 0.6) is 5.75 Å². The van der Waals surface area contributed by atoms with Gasteiger partial charge in [-0.15, -0.1) is 0 Å². The highest BCUT2D eigenvalue weighted by atomic mass is 16.5. The number of benzene rings is 2. The first-order valence-electron chi connectivity index (χ1n) is 9.85. The van der Waals surface area contributed by atoms with E-state index in [1.165, 1.54) is 0 Å². The van der Waals surface area contributed by atoms with Gasteiger partial charge >= 0.3 is 6.03 Å². The van der Waals surface area contributed by atoms with Crippen LogP contribution in [0.2, 0.25) is 0 Å². The van der Waals surface area contributed by atoms with Gasteiger partial charge in [0.2, 0.25) is 5.91 Å². The molecule has 2 aromatic carbocycles. The maximum absolute atomic E-state index is 12.4. The van der Waals surface area contributed by atoms with Crippen LogP contribution in [-0.2, 0) is 11.2 Å². The number of aryl methyl sites for hydroxylation is 1. The molecule has 1 aliphatic heterocycles. The van der Waals surface area contributed by atoms with Crippen LogP contribution in [0, 0.1) is 0 Å². The fourth-order valence-corrected chi connectivity index (χ4v) is 3.34. The summed E-state index contributed by atoms with van der Waals surface area (Å²) < 4.78 is 5.54. The summed E-state index contributed by atoms with van der Waals surface area (Å²) in [6.45, 7) is 5.28. The third-order valence-corrected chi connectivity index (χ3v) is 4.71. The van der Waals surface area contributed by atoms with Gasteiger partial charge in [0.05, 0.1) is 12.3 Å². The summed E-state index contributed by atoms with van der Waals surface area (Å²) in [4.78, 5) is 26.5. The minimum Gasteiger partial charge on any atom is -0.492 e. The van der Waals surface area contributed by atoms with Crippen LogP contribution in [0.1, 0.15) is 38.7 Å². The first-order chi connectivity index (χ1) is 13.6. The fraction of sp³-hybridized carbons (Fsp3) is 0.364. The molecule has 0 saturated carbocycles. The number of unbranched alkanes of at least 4 members (excludes halogenated alkanes) is 1. The van der Waals surface area contributed by atoms with E-state index < -0.39 is 0 Å². The highest BCUT2D eigenvalue weighted by Gasteiger charge is 2.23. The van der Waals surface area contributed by atoms with Crippen molar-refractivity contribution >= 4 is 29.0 Å². The van der Waals surface area contributed by atoms with Crippen LogP contribution in [-0.4, -0.2) is 25.1 Å². The Morgan fingerprint density at radius 3 is 2.71 bits per heavy atom. The van der Waals surface area contributed by atoms with E-state index in [2.05, 4.69) is 17.6 Å².